The molecule has 5 nitrogen and oxygen atoms in total. The van der Waals surface area contributed by atoms with Gasteiger partial charge in [0.05, 0.1) is 20.3 Å². The summed E-state index contributed by atoms with van der Waals surface area (Å²) >= 11 is 0. The number of carbonyl (C=O) groups is 1. The Morgan fingerprint density at radius 1 is 1.04 bits per heavy atom. The van der Waals surface area contributed by atoms with Crippen LogP contribution in [0.3, 0.4) is 0 Å². The van der Waals surface area contributed by atoms with Crippen molar-refractivity contribution in [1.29, 1.82) is 0 Å². The number of nitrogens with one attached hydrogen (secondary N) is 1. The Morgan fingerprint density at radius 2 is 1.81 bits per heavy atom. The summed E-state index contributed by atoms with van der Waals surface area (Å²) in [5.74, 6) is 1.45. The van der Waals surface area contributed by atoms with Gasteiger partial charge >= 0.3 is 0 Å². The molecule has 2 aromatic carbocycles. The third-order valence-corrected chi connectivity index (χ3v) is 5.12. The van der Waals surface area contributed by atoms with Gasteiger partial charge in [-0.1, -0.05) is 30.7 Å². The first-order valence-corrected chi connectivity index (χ1v) is 9.52. The van der Waals surface area contributed by atoms with Crippen molar-refractivity contribution in [2.45, 2.75) is 25.3 Å². The van der Waals surface area contributed by atoms with E-state index in [1.54, 1.807) is 26.4 Å². The molecule has 3 rings (SSSR count). The molecule has 5 heteroatoms. The van der Waals surface area contributed by atoms with Gasteiger partial charge in [0.15, 0.2) is 0 Å². The second-order valence-corrected chi connectivity index (χ2v) is 6.80. The number of hydrogen-bond acceptors (Lipinski definition) is 4. The van der Waals surface area contributed by atoms with Crippen LogP contribution in [0.15, 0.2) is 48.5 Å². The lowest BCUT2D eigenvalue weighted by atomic mass is 10.0. The highest BCUT2D eigenvalue weighted by molar-refractivity contribution is 5.94. The minimum Gasteiger partial charge on any atom is -0.497 e. The van der Waals surface area contributed by atoms with Gasteiger partial charge in [-0.05, 0) is 50.2 Å². The van der Waals surface area contributed by atoms with Crippen LogP contribution >= 0.6 is 0 Å². The van der Waals surface area contributed by atoms with Crippen LogP contribution in [0.2, 0.25) is 0 Å². The van der Waals surface area contributed by atoms with Crippen molar-refractivity contribution >= 4 is 5.91 Å². The van der Waals surface area contributed by atoms with E-state index in [9.17, 15) is 4.79 Å². The Bertz CT molecular complexity index is 757. The second kappa shape index (κ2) is 9.42. The second-order valence-electron chi connectivity index (χ2n) is 6.80. The Morgan fingerprint density at radius 3 is 2.56 bits per heavy atom. The van der Waals surface area contributed by atoms with Crippen molar-refractivity contribution in [2.75, 3.05) is 33.9 Å². The van der Waals surface area contributed by atoms with Crippen LogP contribution < -0.4 is 14.8 Å². The normalized spacial score (nSPS) is 15.8. The van der Waals surface area contributed by atoms with Crippen molar-refractivity contribution in [3.05, 3.63) is 59.7 Å². The SMILES string of the molecule is COc1cccc(C(=O)NCC(c2ccccc2OC)N2CCCCC2)c1. The predicted octanol–water partition coefficient (Wildman–Crippen LogP) is 3.66. The van der Waals surface area contributed by atoms with Gasteiger partial charge in [-0.2, -0.15) is 0 Å². The molecule has 27 heavy (non-hydrogen) atoms. The van der Waals surface area contributed by atoms with Crippen molar-refractivity contribution in [1.82, 2.24) is 10.2 Å². The average Bonchev–Trinajstić information content (AvgIpc) is 2.75. The maximum absolute atomic E-state index is 12.7. The van der Waals surface area contributed by atoms with E-state index in [0.29, 0.717) is 17.9 Å². The van der Waals surface area contributed by atoms with Crippen molar-refractivity contribution < 1.29 is 14.3 Å². The van der Waals surface area contributed by atoms with Gasteiger partial charge in [-0.15, -0.1) is 0 Å². The Balaban J connectivity index is 1.77. The number of hydrogen-bond donors (Lipinski definition) is 1. The topological polar surface area (TPSA) is 50.8 Å². The van der Waals surface area contributed by atoms with Crippen LogP contribution in [0, 0.1) is 0 Å². The summed E-state index contributed by atoms with van der Waals surface area (Å²) in [5.41, 5.74) is 1.72. The number of ether oxygens (including phenoxy) is 2. The molecule has 0 radical (unpaired) electrons. The number of methoxy groups -OCH3 is 2. The molecule has 1 amide bonds. The number of amides is 1. The largest absolute Gasteiger partial charge is 0.497 e. The molecule has 1 saturated heterocycles. The minimum absolute atomic E-state index is 0.0918. The van der Waals surface area contributed by atoms with Crippen LogP contribution in [0.5, 0.6) is 11.5 Å². The summed E-state index contributed by atoms with van der Waals surface area (Å²) in [5, 5.41) is 3.11. The molecular weight excluding hydrogens is 340 g/mol. The molecule has 0 spiro atoms. The zero-order valence-electron chi connectivity index (χ0n) is 16.1. The molecule has 0 bridgehead atoms. The van der Waals surface area contributed by atoms with Gasteiger partial charge in [0.2, 0.25) is 0 Å². The fourth-order valence-electron chi connectivity index (χ4n) is 3.66. The van der Waals surface area contributed by atoms with E-state index in [2.05, 4.69) is 16.3 Å². The molecule has 1 aliphatic rings. The maximum Gasteiger partial charge on any atom is 0.251 e. The molecule has 1 fully saturated rings. The predicted molar refractivity (Wildman–Crippen MR) is 106 cm³/mol. The van der Waals surface area contributed by atoms with Gasteiger partial charge in [0.25, 0.3) is 5.91 Å². The first kappa shape index (κ1) is 19.2. The van der Waals surface area contributed by atoms with Gasteiger partial charge in [0, 0.05) is 17.7 Å². The summed E-state index contributed by atoms with van der Waals surface area (Å²) in [4.78, 5) is 15.1. The monoisotopic (exact) mass is 368 g/mol. The molecule has 1 aliphatic heterocycles. The smallest absolute Gasteiger partial charge is 0.251 e. The summed E-state index contributed by atoms with van der Waals surface area (Å²) in [6, 6.07) is 15.4. The molecule has 144 valence electrons. The van der Waals surface area contributed by atoms with Crippen LogP contribution in [-0.4, -0.2) is 44.7 Å². The molecule has 1 N–H and O–H groups in total. The van der Waals surface area contributed by atoms with Crippen LogP contribution in [0.1, 0.15) is 41.2 Å². The van der Waals surface area contributed by atoms with E-state index >= 15 is 0 Å². The quantitative estimate of drug-likeness (QED) is 0.810. The minimum atomic E-state index is -0.0918. The highest BCUT2D eigenvalue weighted by Crippen LogP contribution is 2.31. The molecule has 1 atom stereocenters. The van der Waals surface area contributed by atoms with Gasteiger partial charge in [-0.3, -0.25) is 9.69 Å². The third kappa shape index (κ3) is 4.80. The lowest BCUT2D eigenvalue weighted by Crippen LogP contribution is -2.40. The summed E-state index contributed by atoms with van der Waals surface area (Å²) in [6.45, 7) is 2.62. The molecular formula is C22H28N2O3. The molecule has 2 aromatic rings. The van der Waals surface area contributed by atoms with Crippen molar-refractivity contribution in [3.63, 3.8) is 0 Å². The van der Waals surface area contributed by atoms with E-state index in [-0.39, 0.29) is 11.9 Å². The number of piperidine rings is 1. The summed E-state index contributed by atoms with van der Waals surface area (Å²) in [6.07, 6.45) is 3.65. The number of para-hydroxylation sites is 1. The van der Waals surface area contributed by atoms with E-state index in [0.717, 1.165) is 24.4 Å². The van der Waals surface area contributed by atoms with Crippen LogP contribution in [0.4, 0.5) is 0 Å². The number of likely N-dealkylation sites (tertiary alicyclic amines) is 1. The maximum atomic E-state index is 12.7. The molecule has 0 aliphatic carbocycles. The lowest BCUT2D eigenvalue weighted by molar-refractivity contribution is 0.0923. The zero-order chi connectivity index (χ0) is 19.1. The van der Waals surface area contributed by atoms with Crippen LogP contribution in [0.25, 0.3) is 0 Å². The number of nitrogens with zero attached hydrogens (tertiary/aromatic N) is 1. The van der Waals surface area contributed by atoms with E-state index in [4.69, 9.17) is 9.47 Å². The summed E-state index contributed by atoms with van der Waals surface area (Å²) in [7, 11) is 3.30. The fraction of sp³-hybridized carbons (Fsp3) is 0.409. The number of carbonyl (C=O) groups excluding carboxylic acids is 1. The van der Waals surface area contributed by atoms with E-state index in [1.165, 1.54) is 19.3 Å². The van der Waals surface area contributed by atoms with E-state index < -0.39 is 0 Å². The number of rotatable bonds is 7. The zero-order valence-corrected chi connectivity index (χ0v) is 16.1. The number of benzene rings is 2. The lowest BCUT2D eigenvalue weighted by Gasteiger charge is -2.35. The van der Waals surface area contributed by atoms with Crippen LogP contribution in [-0.2, 0) is 0 Å². The fourth-order valence-corrected chi connectivity index (χ4v) is 3.66. The van der Waals surface area contributed by atoms with Gasteiger partial charge < -0.3 is 14.8 Å². The van der Waals surface area contributed by atoms with Crippen molar-refractivity contribution in [3.8, 4) is 11.5 Å². The van der Waals surface area contributed by atoms with Crippen molar-refractivity contribution in [2.24, 2.45) is 0 Å². The highest BCUT2D eigenvalue weighted by atomic mass is 16.5. The Labute approximate surface area is 161 Å². The first-order chi connectivity index (χ1) is 13.2. The Hall–Kier alpha value is -2.53. The standard InChI is InChI=1S/C22H28N2O3/c1-26-18-10-8-9-17(15-18)22(25)23-16-20(24-13-6-3-7-14-24)19-11-4-5-12-21(19)27-2/h4-5,8-12,15,20H,3,6-7,13-14,16H2,1-2H3,(H,23,25). The molecule has 0 aromatic heterocycles. The highest BCUT2D eigenvalue weighted by Gasteiger charge is 2.25. The third-order valence-electron chi connectivity index (χ3n) is 5.12. The molecule has 1 heterocycles. The first-order valence-electron chi connectivity index (χ1n) is 9.52. The average molecular weight is 368 g/mol. The molecule has 1 unspecified atom stereocenters. The van der Waals surface area contributed by atoms with E-state index in [1.807, 2.05) is 30.3 Å². The summed E-state index contributed by atoms with van der Waals surface area (Å²) < 4.78 is 10.8. The van der Waals surface area contributed by atoms with Gasteiger partial charge in [-0.25, -0.2) is 0 Å². The van der Waals surface area contributed by atoms with Gasteiger partial charge in [0.1, 0.15) is 11.5 Å². The molecule has 0 saturated carbocycles. The Kier molecular flexibility index (Phi) is 6.71.